The van der Waals surface area contributed by atoms with Gasteiger partial charge in [-0.15, -0.1) is 0 Å². The summed E-state index contributed by atoms with van der Waals surface area (Å²) < 4.78 is 20.3. The zero-order chi connectivity index (χ0) is 22.8. The number of halogens is 1. The Morgan fingerprint density at radius 2 is 1.79 bits per heavy atom. The standard InChI is InChI=1S/C25H20FN5O2/c1-16-6-5-15-31-24(16)29-22(17-7-3-2-4-8-17)25(31)27-20(32)13-14-21-28-23(30-33-21)18-9-11-19(26)12-10-18/h2-12,15H,13-14H2,1H3,(H,27,32). The number of carbonyl (C=O) groups is 1. The first-order chi connectivity index (χ1) is 16.1. The van der Waals surface area contributed by atoms with E-state index in [4.69, 9.17) is 9.51 Å². The van der Waals surface area contributed by atoms with Gasteiger partial charge in [-0.25, -0.2) is 9.37 Å². The number of nitrogens with one attached hydrogen (secondary N) is 1. The Labute approximate surface area is 188 Å². The average Bonchev–Trinajstić information content (AvgIpc) is 3.45. The number of aromatic nitrogens is 4. The van der Waals surface area contributed by atoms with E-state index in [0.29, 0.717) is 28.8 Å². The molecule has 2 aromatic carbocycles. The van der Waals surface area contributed by atoms with Gasteiger partial charge in [0.2, 0.25) is 17.6 Å². The van der Waals surface area contributed by atoms with E-state index >= 15 is 0 Å². The molecule has 0 unspecified atom stereocenters. The molecule has 0 radical (unpaired) electrons. The van der Waals surface area contributed by atoms with Crippen LogP contribution in [0.25, 0.3) is 28.3 Å². The summed E-state index contributed by atoms with van der Waals surface area (Å²) in [5.74, 6) is 0.770. The lowest BCUT2D eigenvalue weighted by atomic mass is 10.1. The molecule has 0 spiro atoms. The van der Waals surface area contributed by atoms with Gasteiger partial charge in [-0.2, -0.15) is 4.98 Å². The molecular weight excluding hydrogens is 421 g/mol. The molecule has 164 valence electrons. The minimum absolute atomic E-state index is 0.151. The highest BCUT2D eigenvalue weighted by atomic mass is 19.1. The van der Waals surface area contributed by atoms with Crippen LogP contribution in [0.1, 0.15) is 17.9 Å². The maximum absolute atomic E-state index is 13.1. The summed E-state index contributed by atoms with van der Waals surface area (Å²) in [6.07, 6.45) is 2.30. The van der Waals surface area contributed by atoms with Gasteiger partial charge in [0, 0.05) is 30.2 Å². The van der Waals surface area contributed by atoms with E-state index in [1.54, 1.807) is 12.1 Å². The van der Waals surface area contributed by atoms with Gasteiger partial charge >= 0.3 is 0 Å². The third-order valence-corrected chi connectivity index (χ3v) is 5.29. The summed E-state index contributed by atoms with van der Waals surface area (Å²) in [5, 5.41) is 6.92. The van der Waals surface area contributed by atoms with Crippen LogP contribution in [0.3, 0.4) is 0 Å². The summed E-state index contributed by atoms with van der Waals surface area (Å²) >= 11 is 0. The molecule has 1 amide bonds. The minimum atomic E-state index is -0.336. The summed E-state index contributed by atoms with van der Waals surface area (Å²) in [6, 6.07) is 19.5. The molecular formula is C25H20FN5O2. The Balaban J connectivity index is 1.35. The van der Waals surface area contributed by atoms with Crippen molar-refractivity contribution in [3.05, 3.63) is 90.2 Å². The largest absolute Gasteiger partial charge is 0.339 e. The summed E-state index contributed by atoms with van der Waals surface area (Å²) in [6.45, 7) is 1.98. The predicted molar refractivity (Wildman–Crippen MR) is 122 cm³/mol. The smallest absolute Gasteiger partial charge is 0.227 e. The average molecular weight is 441 g/mol. The summed E-state index contributed by atoms with van der Waals surface area (Å²) in [5.41, 5.74) is 4.05. The van der Waals surface area contributed by atoms with Gasteiger partial charge < -0.3 is 9.84 Å². The quantitative estimate of drug-likeness (QED) is 0.398. The number of pyridine rings is 1. The fourth-order valence-electron chi connectivity index (χ4n) is 3.61. The number of hydrogen-bond acceptors (Lipinski definition) is 5. The lowest BCUT2D eigenvalue weighted by Crippen LogP contribution is -2.14. The van der Waals surface area contributed by atoms with E-state index in [2.05, 4.69) is 15.5 Å². The normalized spacial score (nSPS) is 11.1. The van der Waals surface area contributed by atoms with Gasteiger partial charge in [0.05, 0.1) is 0 Å². The number of rotatable bonds is 6. The van der Waals surface area contributed by atoms with Crippen molar-refractivity contribution < 1.29 is 13.7 Å². The zero-order valence-electron chi connectivity index (χ0n) is 17.8. The Kier molecular flexibility index (Phi) is 5.40. The molecule has 0 saturated heterocycles. The van der Waals surface area contributed by atoms with Crippen LogP contribution in [0.4, 0.5) is 10.2 Å². The van der Waals surface area contributed by atoms with Gasteiger partial charge in [-0.1, -0.05) is 41.6 Å². The van der Waals surface area contributed by atoms with Crippen molar-refractivity contribution in [1.29, 1.82) is 0 Å². The van der Waals surface area contributed by atoms with Crippen LogP contribution in [0, 0.1) is 12.7 Å². The molecule has 3 heterocycles. The highest BCUT2D eigenvalue weighted by molar-refractivity contribution is 5.94. The lowest BCUT2D eigenvalue weighted by molar-refractivity contribution is -0.116. The first kappa shape index (κ1) is 20.6. The first-order valence-electron chi connectivity index (χ1n) is 10.5. The predicted octanol–water partition coefficient (Wildman–Crippen LogP) is 5.07. The molecule has 0 saturated carbocycles. The van der Waals surface area contributed by atoms with Crippen LogP contribution in [0.5, 0.6) is 0 Å². The van der Waals surface area contributed by atoms with Gasteiger partial charge in [-0.3, -0.25) is 9.20 Å². The van der Waals surface area contributed by atoms with E-state index in [0.717, 1.165) is 16.8 Å². The number of amides is 1. The molecule has 33 heavy (non-hydrogen) atoms. The third-order valence-electron chi connectivity index (χ3n) is 5.29. The number of carbonyl (C=O) groups excluding carboxylic acids is 1. The monoisotopic (exact) mass is 441 g/mol. The maximum atomic E-state index is 13.1. The van der Waals surface area contributed by atoms with E-state index < -0.39 is 0 Å². The number of fused-ring (bicyclic) bond motifs is 1. The lowest BCUT2D eigenvalue weighted by Gasteiger charge is -2.07. The van der Waals surface area contributed by atoms with Crippen molar-refractivity contribution in [3.8, 4) is 22.6 Å². The van der Waals surface area contributed by atoms with E-state index in [-0.39, 0.29) is 24.6 Å². The highest BCUT2D eigenvalue weighted by Crippen LogP contribution is 2.30. The molecule has 0 bridgehead atoms. The SMILES string of the molecule is Cc1cccn2c(NC(=O)CCc3nc(-c4ccc(F)cc4)no3)c(-c3ccccc3)nc12. The second kappa shape index (κ2) is 8.66. The molecule has 8 heteroatoms. The Hall–Kier alpha value is -4.33. The van der Waals surface area contributed by atoms with Crippen molar-refractivity contribution in [2.45, 2.75) is 19.8 Å². The van der Waals surface area contributed by atoms with Crippen LogP contribution in [0.2, 0.25) is 0 Å². The number of aryl methyl sites for hydroxylation is 2. The van der Waals surface area contributed by atoms with Crippen molar-refractivity contribution in [2.24, 2.45) is 0 Å². The van der Waals surface area contributed by atoms with E-state index in [1.165, 1.54) is 12.1 Å². The first-order valence-corrected chi connectivity index (χ1v) is 10.5. The van der Waals surface area contributed by atoms with Crippen LogP contribution < -0.4 is 5.32 Å². The molecule has 5 rings (SSSR count). The molecule has 3 aromatic heterocycles. The second-order valence-electron chi connectivity index (χ2n) is 7.63. The zero-order valence-corrected chi connectivity index (χ0v) is 17.8. The van der Waals surface area contributed by atoms with Crippen molar-refractivity contribution in [3.63, 3.8) is 0 Å². The Bertz CT molecular complexity index is 1420. The molecule has 7 nitrogen and oxygen atoms in total. The highest BCUT2D eigenvalue weighted by Gasteiger charge is 2.18. The van der Waals surface area contributed by atoms with Gasteiger partial charge in [-0.05, 0) is 42.8 Å². The van der Waals surface area contributed by atoms with Crippen LogP contribution >= 0.6 is 0 Å². The number of benzene rings is 2. The fraction of sp³-hybridized carbons (Fsp3) is 0.120. The topological polar surface area (TPSA) is 85.3 Å². The Morgan fingerprint density at radius 3 is 2.58 bits per heavy atom. The maximum Gasteiger partial charge on any atom is 0.227 e. The van der Waals surface area contributed by atoms with Crippen LogP contribution in [-0.2, 0) is 11.2 Å². The van der Waals surface area contributed by atoms with E-state index in [1.807, 2.05) is 60.0 Å². The molecule has 0 aliphatic rings. The molecule has 0 atom stereocenters. The van der Waals surface area contributed by atoms with Crippen molar-refractivity contribution >= 4 is 17.4 Å². The number of imidazole rings is 1. The van der Waals surface area contributed by atoms with Gasteiger partial charge in [0.25, 0.3) is 0 Å². The van der Waals surface area contributed by atoms with Gasteiger partial charge in [0.15, 0.2) is 0 Å². The van der Waals surface area contributed by atoms with Crippen LogP contribution in [0.15, 0.2) is 77.4 Å². The molecule has 5 aromatic rings. The molecule has 1 N–H and O–H groups in total. The summed E-state index contributed by atoms with van der Waals surface area (Å²) in [7, 11) is 0. The summed E-state index contributed by atoms with van der Waals surface area (Å²) in [4.78, 5) is 21.9. The number of nitrogens with zero attached hydrogens (tertiary/aromatic N) is 4. The molecule has 0 aliphatic carbocycles. The fourth-order valence-corrected chi connectivity index (χ4v) is 3.61. The van der Waals surface area contributed by atoms with Gasteiger partial charge in [0.1, 0.15) is 23.0 Å². The second-order valence-corrected chi connectivity index (χ2v) is 7.63. The number of hydrogen-bond donors (Lipinski definition) is 1. The minimum Gasteiger partial charge on any atom is -0.339 e. The molecule has 0 fully saturated rings. The van der Waals surface area contributed by atoms with Crippen molar-refractivity contribution in [2.75, 3.05) is 5.32 Å². The number of anilines is 1. The van der Waals surface area contributed by atoms with Crippen molar-refractivity contribution in [1.82, 2.24) is 19.5 Å². The Morgan fingerprint density at radius 1 is 1.00 bits per heavy atom. The molecule has 0 aliphatic heterocycles. The van der Waals surface area contributed by atoms with Crippen LogP contribution in [-0.4, -0.2) is 25.4 Å². The van der Waals surface area contributed by atoms with E-state index in [9.17, 15) is 9.18 Å². The third kappa shape index (κ3) is 4.23.